The van der Waals surface area contributed by atoms with Crippen molar-refractivity contribution in [3.63, 3.8) is 0 Å². The number of nitrogens with zero attached hydrogens (tertiary/aromatic N) is 5. The first-order valence-electron chi connectivity index (χ1n) is 14.5. The Labute approximate surface area is 256 Å². The van der Waals surface area contributed by atoms with Gasteiger partial charge in [0.15, 0.2) is 0 Å². The Morgan fingerprint density at radius 1 is 1.18 bits per heavy atom. The molecule has 236 valence electrons. The normalized spacial score (nSPS) is 18.8. The molecule has 2 atom stereocenters. The van der Waals surface area contributed by atoms with Crippen LogP contribution in [-0.2, 0) is 15.7 Å². The Balaban J connectivity index is 1.33. The lowest BCUT2D eigenvalue weighted by atomic mass is 9.85. The third kappa shape index (κ3) is 5.71. The Kier molecular flexibility index (Phi) is 7.73. The van der Waals surface area contributed by atoms with E-state index in [0.717, 1.165) is 31.2 Å². The molecule has 6 rings (SSSR count). The molecule has 0 saturated carbocycles. The zero-order chi connectivity index (χ0) is 32.1. The maximum atomic E-state index is 13.3. The molecule has 2 amide bonds. The number of ether oxygens (including phenoxy) is 1. The van der Waals surface area contributed by atoms with E-state index in [2.05, 4.69) is 15.3 Å². The minimum absolute atomic E-state index is 0.0469. The van der Waals surface area contributed by atoms with E-state index >= 15 is 0 Å². The average molecular weight is 624 g/mol. The van der Waals surface area contributed by atoms with Gasteiger partial charge in [0.2, 0.25) is 5.91 Å². The summed E-state index contributed by atoms with van der Waals surface area (Å²) in [6, 6.07) is 7.94. The summed E-state index contributed by atoms with van der Waals surface area (Å²) in [7, 11) is 0. The quantitative estimate of drug-likeness (QED) is 0.286. The summed E-state index contributed by atoms with van der Waals surface area (Å²) >= 11 is 0. The molecule has 5 heterocycles. The number of likely N-dealkylation sites (tertiary alicyclic amines) is 1. The number of anilines is 2. The number of nitrogens with one attached hydrogen (secondary N) is 1. The van der Waals surface area contributed by atoms with E-state index in [0.29, 0.717) is 54.6 Å². The van der Waals surface area contributed by atoms with E-state index in [9.17, 15) is 27.9 Å². The number of aliphatic hydroxyl groups excluding tert-OH is 1. The number of pyridine rings is 1. The highest BCUT2D eigenvalue weighted by molar-refractivity contribution is 6.04. The van der Waals surface area contributed by atoms with Gasteiger partial charge in [-0.1, -0.05) is 12.1 Å². The molecule has 0 aliphatic carbocycles. The number of amides is 2. The molecule has 4 aromatic rings. The number of aliphatic hydroxyl groups is 1. The highest BCUT2D eigenvalue weighted by atomic mass is 19.4. The fourth-order valence-corrected chi connectivity index (χ4v) is 5.89. The van der Waals surface area contributed by atoms with Crippen LogP contribution in [0.1, 0.15) is 66.2 Å². The van der Waals surface area contributed by atoms with Crippen molar-refractivity contribution in [2.75, 3.05) is 37.4 Å². The van der Waals surface area contributed by atoms with Crippen molar-refractivity contribution in [1.82, 2.24) is 24.3 Å². The Morgan fingerprint density at radius 3 is 2.56 bits per heavy atom. The number of hydrogen-bond acceptors (Lipinski definition) is 8. The van der Waals surface area contributed by atoms with Gasteiger partial charge in [-0.3, -0.25) is 14.0 Å². The number of hydrogen-bond donors (Lipinski definition) is 3. The third-order valence-electron chi connectivity index (χ3n) is 8.35. The number of aromatic nitrogens is 4. The summed E-state index contributed by atoms with van der Waals surface area (Å²) in [5, 5.41) is 13.1. The maximum absolute atomic E-state index is 13.3. The first-order chi connectivity index (χ1) is 21.4. The van der Waals surface area contributed by atoms with Crippen LogP contribution in [0.3, 0.4) is 0 Å². The molecule has 0 radical (unpaired) electrons. The van der Waals surface area contributed by atoms with Gasteiger partial charge in [-0.2, -0.15) is 13.2 Å². The number of fused-ring (bicyclic) bond motifs is 1. The summed E-state index contributed by atoms with van der Waals surface area (Å²) in [5.74, 6) is -0.155. The van der Waals surface area contributed by atoms with E-state index in [1.807, 2.05) is 16.2 Å². The van der Waals surface area contributed by atoms with Crippen molar-refractivity contribution < 1.29 is 32.6 Å². The van der Waals surface area contributed by atoms with Gasteiger partial charge in [0.1, 0.15) is 28.7 Å². The molecule has 11 nitrogen and oxygen atoms in total. The van der Waals surface area contributed by atoms with Gasteiger partial charge in [-0.25, -0.2) is 15.0 Å². The zero-order valence-corrected chi connectivity index (χ0v) is 24.6. The van der Waals surface area contributed by atoms with Gasteiger partial charge in [-0.15, -0.1) is 0 Å². The second-order valence-corrected chi connectivity index (χ2v) is 11.8. The summed E-state index contributed by atoms with van der Waals surface area (Å²) in [6.45, 7) is 5.38. The Hall–Kier alpha value is -4.56. The highest BCUT2D eigenvalue weighted by Gasteiger charge is 2.45. The van der Waals surface area contributed by atoms with Crippen LogP contribution in [0.5, 0.6) is 0 Å². The van der Waals surface area contributed by atoms with E-state index in [1.165, 1.54) is 18.3 Å². The third-order valence-corrected chi connectivity index (χ3v) is 8.35. The molecule has 4 N–H and O–H groups in total. The van der Waals surface area contributed by atoms with Gasteiger partial charge in [0.25, 0.3) is 5.91 Å². The number of imidazole rings is 1. The van der Waals surface area contributed by atoms with E-state index in [-0.39, 0.29) is 29.0 Å². The molecule has 3 aromatic heterocycles. The van der Waals surface area contributed by atoms with Crippen molar-refractivity contribution in [1.29, 1.82) is 0 Å². The number of nitrogens with two attached hydrogens (primary N) is 1. The fraction of sp³-hybridized carbons (Fsp3) is 0.387. The van der Waals surface area contributed by atoms with Gasteiger partial charge >= 0.3 is 6.18 Å². The number of piperidine rings is 1. The summed E-state index contributed by atoms with van der Waals surface area (Å²) in [6.07, 6.45) is -1.45. The first kappa shape index (κ1) is 30.5. The zero-order valence-electron chi connectivity index (χ0n) is 24.6. The second-order valence-electron chi connectivity index (χ2n) is 11.8. The van der Waals surface area contributed by atoms with Gasteiger partial charge < -0.3 is 25.8 Å². The molecular formula is C31H32F3N7O4. The Bertz CT molecular complexity index is 1770. The lowest BCUT2D eigenvalue weighted by Gasteiger charge is -2.42. The standard InChI is InChI=1S/C31H32F3N7O4/c1-17(42)22-13-37-26(35)25-24(39-27(41(22)25)20-4-3-11-40(14-20)29(44)30(2)15-45-16-30)18-5-7-19(8-6-18)28(43)38-23-12-21(9-10-36-23)31(32,33)34/h5-10,12-13,17,20,42H,3-4,11,14-16H2,1-2H3,(H2,35,37)(H,36,38,43)/t17-,20-/m1/s1. The van der Waals surface area contributed by atoms with Crippen molar-refractivity contribution >= 4 is 29.0 Å². The van der Waals surface area contributed by atoms with Gasteiger partial charge in [-0.05, 0) is 51.0 Å². The van der Waals surface area contributed by atoms with Crippen LogP contribution < -0.4 is 11.1 Å². The van der Waals surface area contributed by atoms with Gasteiger partial charge in [0, 0.05) is 36.3 Å². The number of halogens is 3. The number of rotatable bonds is 6. The van der Waals surface area contributed by atoms with Crippen LogP contribution in [0.2, 0.25) is 0 Å². The van der Waals surface area contributed by atoms with E-state index in [4.69, 9.17) is 15.5 Å². The van der Waals surface area contributed by atoms with Crippen LogP contribution in [0.25, 0.3) is 16.8 Å². The van der Waals surface area contributed by atoms with Crippen LogP contribution in [0.15, 0.2) is 48.8 Å². The molecule has 0 bridgehead atoms. The maximum Gasteiger partial charge on any atom is 0.416 e. The van der Waals surface area contributed by atoms with Crippen LogP contribution in [0, 0.1) is 5.41 Å². The van der Waals surface area contributed by atoms with Crippen molar-refractivity contribution in [2.45, 2.75) is 44.9 Å². The monoisotopic (exact) mass is 623 g/mol. The molecule has 2 aliphatic rings. The highest BCUT2D eigenvalue weighted by Crippen LogP contribution is 2.38. The molecule has 45 heavy (non-hydrogen) atoms. The first-order valence-corrected chi connectivity index (χ1v) is 14.5. The lowest BCUT2D eigenvalue weighted by Crippen LogP contribution is -2.55. The fourth-order valence-electron chi connectivity index (χ4n) is 5.89. The number of nitrogen functional groups attached to an aromatic ring is 1. The minimum atomic E-state index is -4.57. The van der Waals surface area contributed by atoms with Crippen molar-refractivity contribution in [2.24, 2.45) is 5.41 Å². The van der Waals surface area contributed by atoms with Gasteiger partial charge in [0.05, 0.1) is 42.2 Å². The molecule has 2 aliphatic heterocycles. The summed E-state index contributed by atoms with van der Waals surface area (Å²) in [5.41, 5.74) is 7.17. The summed E-state index contributed by atoms with van der Waals surface area (Å²) in [4.78, 5) is 41.2. The minimum Gasteiger partial charge on any atom is -0.387 e. The molecule has 2 fully saturated rings. The number of carbonyl (C=O) groups excluding carboxylic acids is 2. The molecule has 0 spiro atoms. The topological polar surface area (TPSA) is 148 Å². The molecule has 0 unspecified atom stereocenters. The van der Waals surface area contributed by atoms with E-state index < -0.39 is 29.2 Å². The molecule has 14 heteroatoms. The van der Waals surface area contributed by atoms with Crippen LogP contribution >= 0.6 is 0 Å². The molecule has 2 saturated heterocycles. The number of alkyl halides is 3. The van der Waals surface area contributed by atoms with Crippen molar-refractivity contribution in [3.05, 3.63) is 71.4 Å². The second kappa shape index (κ2) is 11.4. The van der Waals surface area contributed by atoms with Crippen LogP contribution in [-0.4, -0.2) is 67.5 Å². The SMILES string of the molecule is C[C@@H](O)c1cnc(N)c2c(-c3ccc(C(=O)Nc4cc(C(F)(F)F)ccn4)cc3)nc([C@@H]3CCCN(C(=O)C4(C)COC4)C3)n12. The van der Waals surface area contributed by atoms with E-state index in [1.54, 1.807) is 19.1 Å². The predicted octanol–water partition coefficient (Wildman–Crippen LogP) is 4.44. The lowest BCUT2D eigenvalue weighted by molar-refractivity contribution is -0.170. The molecular weight excluding hydrogens is 591 g/mol. The number of carbonyl (C=O) groups is 2. The smallest absolute Gasteiger partial charge is 0.387 e. The predicted molar refractivity (Wildman–Crippen MR) is 158 cm³/mol. The van der Waals surface area contributed by atoms with Crippen LogP contribution in [0.4, 0.5) is 24.8 Å². The average Bonchev–Trinajstić information content (AvgIpc) is 3.41. The number of benzene rings is 1. The van der Waals surface area contributed by atoms with Crippen molar-refractivity contribution in [3.8, 4) is 11.3 Å². The largest absolute Gasteiger partial charge is 0.416 e. The Morgan fingerprint density at radius 2 is 1.91 bits per heavy atom. The summed E-state index contributed by atoms with van der Waals surface area (Å²) < 4.78 is 46.4. The molecule has 1 aromatic carbocycles.